The standard InChI is InChI=1S/C19H24FN5O4S/c1-24(11-13-5-7-25(8-6-13)19(26)27)18-10-17(21-12-22-18)23-16-9-14(30(2,28)29)3-4-15(16)20/h3-4,9-10,12-13H,5-8,11H2,1-2H3,(H,26,27)(H,21,22,23). The van der Waals surface area contributed by atoms with Crippen molar-refractivity contribution in [3.63, 3.8) is 0 Å². The van der Waals surface area contributed by atoms with Crippen molar-refractivity contribution in [3.8, 4) is 0 Å². The van der Waals surface area contributed by atoms with Gasteiger partial charge in [0.1, 0.15) is 23.8 Å². The molecular formula is C19H24FN5O4S. The van der Waals surface area contributed by atoms with Gasteiger partial charge in [-0.25, -0.2) is 27.6 Å². The number of likely N-dealkylation sites (tertiary alicyclic amines) is 1. The van der Waals surface area contributed by atoms with Gasteiger partial charge in [-0.15, -0.1) is 0 Å². The zero-order valence-electron chi connectivity index (χ0n) is 16.7. The van der Waals surface area contributed by atoms with Crippen LogP contribution in [-0.4, -0.2) is 67.4 Å². The van der Waals surface area contributed by atoms with Crippen molar-refractivity contribution < 1.29 is 22.7 Å². The van der Waals surface area contributed by atoms with Crippen molar-refractivity contribution in [2.75, 3.05) is 43.2 Å². The molecule has 1 aliphatic heterocycles. The number of carboxylic acid groups (broad SMARTS) is 1. The van der Waals surface area contributed by atoms with Gasteiger partial charge in [-0.2, -0.15) is 0 Å². The Bertz CT molecular complexity index is 1030. The summed E-state index contributed by atoms with van der Waals surface area (Å²) in [5, 5.41) is 11.9. The van der Waals surface area contributed by atoms with Gasteiger partial charge in [0.25, 0.3) is 0 Å². The summed E-state index contributed by atoms with van der Waals surface area (Å²) in [6.45, 7) is 1.72. The lowest BCUT2D eigenvalue weighted by atomic mass is 9.96. The van der Waals surface area contributed by atoms with Crippen molar-refractivity contribution in [2.24, 2.45) is 5.92 Å². The molecule has 2 aromatic rings. The number of nitrogens with zero attached hydrogens (tertiary/aromatic N) is 4. The van der Waals surface area contributed by atoms with Gasteiger partial charge in [-0.3, -0.25) is 0 Å². The van der Waals surface area contributed by atoms with E-state index >= 15 is 0 Å². The molecule has 2 N–H and O–H groups in total. The van der Waals surface area contributed by atoms with Crippen molar-refractivity contribution in [3.05, 3.63) is 36.4 Å². The Morgan fingerprint density at radius 3 is 2.63 bits per heavy atom. The van der Waals surface area contributed by atoms with E-state index in [9.17, 15) is 17.6 Å². The van der Waals surface area contributed by atoms with Crippen molar-refractivity contribution in [1.29, 1.82) is 0 Å². The highest BCUT2D eigenvalue weighted by Crippen LogP contribution is 2.25. The van der Waals surface area contributed by atoms with E-state index in [0.717, 1.165) is 25.2 Å². The number of rotatable bonds is 6. The van der Waals surface area contributed by atoms with Crippen LogP contribution in [0.3, 0.4) is 0 Å². The first-order valence-electron chi connectivity index (χ1n) is 9.41. The minimum atomic E-state index is -3.47. The summed E-state index contributed by atoms with van der Waals surface area (Å²) < 4.78 is 37.6. The minimum absolute atomic E-state index is 0.00509. The van der Waals surface area contributed by atoms with Gasteiger partial charge in [-0.1, -0.05) is 0 Å². The molecule has 1 amide bonds. The molecule has 0 radical (unpaired) electrons. The molecule has 1 saturated heterocycles. The monoisotopic (exact) mass is 437 g/mol. The summed E-state index contributed by atoms with van der Waals surface area (Å²) in [4.78, 5) is 22.7. The molecular weight excluding hydrogens is 413 g/mol. The molecule has 0 aliphatic carbocycles. The maximum absolute atomic E-state index is 14.1. The molecule has 0 spiro atoms. The van der Waals surface area contributed by atoms with Crippen molar-refractivity contribution in [1.82, 2.24) is 14.9 Å². The zero-order chi connectivity index (χ0) is 21.9. The lowest BCUT2D eigenvalue weighted by Gasteiger charge is -2.32. The van der Waals surface area contributed by atoms with Gasteiger partial charge in [0.05, 0.1) is 10.6 Å². The van der Waals surface area contributed by atoms with Crippen LogP contribution in [0.5, 0.6) is 0 Å². The topological polar surface area (TPSA) is 116 Å². The van der Waals surface area contributed by atoms with E-state index < -0.39 is 21.7 Å². The maximum Gasteiger partial charge on any atom is 0.407 e. The second-order valence-electron chi connectivity index (χ2n) is 7.39. The van der Waals surface area contributed by atoms with Gasteiger partial charge in [0.15, 0.2) is 9.84 Å². The van der Waals surface area contributed by atoms with E-state index in [1.807, 2.05) is 11.9 Å². The smallest absolute Gasteiger partial charge is 0.407 e. The lowest BCUT2D eigenvalue weighted by Crippen LogP contribution is -2.40. The third kappa shape index (κ3) is 5.35. The van der Waals surface area contributed by atoms with Crippen LogP contribution in [0.1, 0.15) is 12.8 Å². The van der Waals surface area contributed by atoms with E-state index in [1.54, 1.807) is 6.07 Å². The molecule has 162 valence electrons. The zero-order valence-corrected chi connectivity index (χ0v) is 17.6. The van der Waals surface area contributed by atoms with Gasteiger partial charge in [0.2, 0.25) is 0 Å². The first kappa shape index (κ1) is 21.8. The molecule has 0 bridgehead atoms. The number of hydrogen-bond donors (Lipinski definition) is 2. The summed E-state index contributed by atoms with van der Waals surface area (Å²) in [7, 11) is -1.59. The Balaban J connectivity index is 1.69. The number of halogens is 1. The fraction of sp³-hybridized carbons (Fsp3) is 0.421. The predicted octanol–water partition coefficient (Wildman–Crippen LogP) is 2.59. The molecule has 2 heterocycles. The van der Waals surface area contributed by atoms with E-state index in [-0.39, 0.29) is 10.6 Å². The summed E-state index contributed by atoms with van der Waals surface area (Å²) >= 11 is 0. The average molecular weight is 437 g/mol. The maximum atomic E-state index is 14.1. The SMILES string of the molecule is CN(CC1CCN(C(=O)O)CC1)c1cc(Nc2cc(S(C)(=O)=O)ccc2F)ncn1. The fourth-order valence-electron chi connectivity index (χ4n) is 3.38. The molecule has 0 unspecified atom stereocenters. The summed E-state index contributed by atoms with van der Waals surface area (Å²) in [6.07, 6.45) is 3.06. The third-order valence-electron chi connectivity index (χ3n) is 5.09. The molecule has 1 fully saturated rings. The van der Waals surface area contributed by atoms with Crippen LogP contribution >= 0.6 is 0 Å². The Hall–Kier alpha value is -2.95. The first-order chi connectivity index (χ1) is 14.1. The minimum Gasteiger partial charge on any atom is -0.465 e. The molecule has 1 aromatic carbocycles. The van der Waals surface area contributed by atoms with Crippen LogP contribution < -0.4 is 10.2 Å². The molecule has 9 nitrogen and oxygen atoms in total. The lowest BCUT2D eigenvalue weighted by molar-refractivity contribution is 0.125. The van der Waals surface area contributed by atoms with E-state index in [2.05, 4.69) is 15.3 Å². The Morgan fingerprint density at radius 2 is 2.00 bits per heavy atom. The van der Waals surface area contributed by atoms with Gasteiger partial charge >= 0.3 is 6.09 Å². The molecule has 0 atom stereocenters. The second kappa shape index (κ2) is 8.82. The number of aromatic nitrogens is 2. The normalized spacial score (nSPS) is 15.1. The average Bonchev–Trinajstić information content (AvgIpc) is 2.69. The summed E-state index contributed by atoms with van der Waals surface area (Å²) in [5.41, 5.74) is 0.00581. The van der Waals surface area contributed by atoms with Crippen LogP contribution in [0.25, 0.3) is 0 Å². The predicted molar refractivity (Wildman–Crippen MR) is 110 cm³/mol. The van der Waals surface area contributed by atoms with Crippen molar-refractivity contribution >= 4 is 33.3 Å². The highest BCUT2D eigenvalue weighted by Gasteiger charge is 2.23. The molecule has 30 heavy (non-hydrogen) atoms. The summed E-state index contributed by atoms with van der Waals surface area (Å²) in [5.74, 6) is 0.687. The van der Waals surface area contributed by atoms with Gasteiger partial charge in [-0.05, 0) is 37.0 Å². The van der Waals surface area contributed by atoms with Crippen LogP contribution in [0.2, 0.25) is 0 Å². The Morgan fingerprint density at radius 1 is 1.30 bits per heavy atom. The second-order valence-corrected chi connectivity index (χ2v) is 9.41. The highest BCUT2D eigenvalue weighted by atomic mass is 32.2. The van der Waals surface area contributed by atoms with E-state index in [0.29, 0.717) is 37.2 Å². The number of benzene rings is 1. The fourth-order valence-corrected chi connectivity index (χ4v) is 4.03. The van der Waals surface area contributed by atoms with Crippen LogP contribution in [-0.2, 0) is 9.84 Å². The number of hydrogen-bond acceptors (Lipinski definition) is 7. The quantitative estimate of drug-likeness (QED) is 0.663. The molecule has 1 aromatic heterocycles. The van der Waals surface area contributed by atoms with Crippen LogP contribution in [0, 0.1) is 11.7 Å². The van der Waals surface area contributed by atoms with Crippen LogP contribution in [0.15, 0.2) is 35.5 Å². The highest BCUT2D eigenvalue weighted by molar-refractivity contribution is 7.90. The largest absolute Gasteiger partial charge is 0.465 e. The first-order valence-corrected chi connectivity index (χ1v) is 11.3. The Labute approximate surface area is 174 Å². The molecule has 1 aliphatic rings. The Kier molecular flexibility index (Phi) is 6.40. The summed E-state index contributed by atoms with van der Waals surface area (Å²) in [6, 6.07) is 5.19. The van der Waals surface area contributed by atoms with E-state index in [4.69, 9.17) is 5.11 Å². The van der Waals surface area contributed by atoms with Crippen molar-refractivity contribution in [2.45, 2.75) is 17.7 Å². The molecule has 0 saturated carbocycles. The number of carbonyl (C=O) groups is 1. The van der Waals surface area contributed by atoms with Gasteiger partial charge < -0.3 is 20.2 Å². The molecule has 11 heteroatoms. The van der Waals surface area contributed by atoms with Gasteiger partial charge in [0, 0.05) is 39.0 Å². The van der Waals surface area contributed by atoms with Crippen LogP contribution in [0.4, 0.5) is 26.5 Å². The molecule has 3 rings (SSSR count). The number of sulfone groups is 1. The van der Waals surface area contributed by atoms with E-state index in [1.165, 1.54) is 23.4 Å². The number of nitrogens with one attached hydrogen (secondary N) is 1. The number of anilines is 3. The third-order valence-corrected chi connectivity index (χ3v) is 6.20. The number of amides is 1. The number of piperidine rings is 1.